The van der Waals surface area contributed by atoms with Crippen LogP contribution >= 0.6 is 11.3 Å². The van der Waals surface area contributed by atoms with Crippen molar-refractivity contribution < 1.29 is 4.74 Å². The van der Waals surface area contributed by atoms with Crippen LogP contribution in [0.2, 0.25) is 0 Å². The first-order valence-corrected chi connectivity index (χ1v) is 8.09. The summed E-state index contributed by atoms with van der Waals surface area (Å²) in [6.07, 6.45) is 2.05. The number of ether oxygens (including phenoxy) is 1. The molecule has 2 rings (SSSR count). The number of hydrogen-bond donors (Lipinski definition) is 1. The first kappa shape index (κ1) is 15.1. The summed E-state index contributed by atoms with van der Waals surface area (Å²) in [6.45, 7) is 5.35. The second kappa shape index (κ2) is 7.46. The van der Waals surface area contributed by atoms with Gasteiger partial charge >= 0.3 is 0 Å². The topological polar surface area (TPSA) is 21.3 Å². The van der Waals surface area contributed by atoms with Gasteiger partial charge in [0.25, 0.3) is 0 Å². The number of methoxy groups -OCH3 is 1. The van der Waals surface area contributed by atoms with Gasteiger partial charge in [-0.1, -0.05) is 32.0 Å². The van der Waals surface area contributed by atoms with E-state index in [9.17, 15) is 0 Å². The molecule has 0 aliphatic carbocycles. The van der Waals surface area contributed by atoms with Gasteiger partial charge in [-0.05, 0) is 48.0 Å². The van der Waals surface area contributed by atoms with Crippen LogP contribution in [0.25, 0.3) is 0 Å². The van der Waals surface area contributed by atoms with Crippen molar-refractivity contribution in [2.24, 2.45) is 0 Å². The minimum absolute atomic E-state index is 0.367. The fourth-order valence-corrected chi connectivity index (χ4v) is 3.61. The van der Waals surface area contributed by atoms with Gasteiger partial charge in [0.05, 0.1) is 7.11 Å². The Morgan fingerprint density at radius 2 is 1.95 bits per heavy atom. The Labute approximate surface area is 125 Å². The van der Waals surface area contributed by atoms with Crippen molar-refractivity contribution in [2.75, 3.05) is 13.7 Å². The van der Waals surface area contributed by atoms with Crippen LogP contribution in [0.4, 0.5) is 0 Å². The minimum Gasteiger partial charge on any atom is -0.496 e. The van der Waals surface area contributed by atoms with Crippen LogP contribution in [-0.2, 0) is 12.8 Å². The Hall–Kier alpha value is -1.32. The molecule has 0 saturated heterocycles. The van der Waals surface area contributed by atoms with Gasteiger partial charge in [0.15, 0.2) is 0 Å². The summed E-state index contributed by atoms with van der Waals surface area (Å²) in [7, 11) is 1.74. The second-order valence-corrected chi connectivity index (χ2v) is 5.74. The first-order valence-electron chi connectivity index (χ1n) is 7.21. The van der Waals surface area contributed by atoms with Crippen LogP contribution in [0.3, 0.4) is 0 Å². The summed E-state index contributed by atoms with van der Waals surface area (Å²) >= 11 is 1.85. The summed E-state index contributed by atoms with van der Waals surface area (Å²) in [6, 6.07) is 10.9. The van der Waals surface area contributed by atoms with Gasteiger partial charge in [0.2, 0.25) is 0 Å². The number of likely N-dealkylation sites (N-methyl/N-ethyl adjacent to an activating group) is 1. The molecule has 2 nitrogen and oxygen atoms in total. The van der Waals surface area contributed by atoms with Crippen molar-refractivity contribution >= 4 is 11.3 Å². The van der Waals surface area contributed by atoms with Crippen LogP contribution in [0.15, 0.2) is 35.7 Å². The zero-order valence-corrected chi connectivity index (χ0v) is 13.3. The van der Waals surface area contributed by atoms with Gasteiger partial charge in [-0.25, -0.2) is 0 Å². The second-order valence-electron chi connectivity index (χ2n) is 4.79. The molecule has 2 aromatic rings. The number of nitrogens with one attached hydrogen (secondary N) is 1. The van der Waals surface area contributed by atoms with Crippen LogP contribution in [0.5, 0.6) is 5.75 Å². The van der Waals surface area contributed by atoms with Crippen molar-refractivity contribution in [3.8, 4) is 5.75 Å². The summed E-state index contributed by atoms with van der Waals surface area (Å²) in [4.78, 5) is 1.46. The number of benzene rings is 1. The third kappa shape index (κ3) is 3.41. The lowest BCUT2D eigenvalue weighted by Gasteiger charge is -2.19. The number of para-hydroxylation sites is 1. The molecule has 3 heteroatoms. The van der Waals surface area contributed by atoms with Crippen molar-refractivity contribution in [1.82, 2.24) is 5.32 Å². The minimum atomic E-state index is 0.367. The Kier molecular flexibility index (Phi) is 5.62. The molecule has 20 heavy (non-hydrogen) atoms. The van der Waals surface area contributed by atoms with E-state index in [-0.39, 0.29) is 0 Å². The van der Waals surface area contributed by atoms with Gasteiger partial charge in [-0.2, -0.15) is 0 Å². The van der Waals surface area contributed by atoms with Crippen molar-refractivity contribution in [3.05, 3.63) is 51.7 Å². The molecule has 1 aromatic heterocycles. The van der Waals surface area contributed by atoms with E-state index in [2.05, 4.69) is 42.7 Å². The average molecular weight is 289 g/mol. The van der Waals surface area contributed by atoms with Gasteiger partial charge in [-0.15, -0.1) is 11.3 Å². The molecular weight excluding hydrogens is 266 g/mol. The van der Waals surface area contributed by atoms with Crippen molar-refractivity contribution in [3.63, 3.8) is 0 Å². The van der Waals surface area contributed by atoms with Crippen molar-refractivity contribution in [2.45, 2.75) is 32.7 Å². The highest BCUT2D eigenvalue weighted by Crippen LogP contribution is 2.30. The van der Waals surface area contributed by atoms with Crippen LogP contribution in [0, 0.1) is 0 Å². The van der Waals surface area contributed by atoms with Crippen LogP contribution < -0.4 is 10.1 Å². The smallest absolute Gasteiger partial charge is 0.122 e. The summed E-state index contributed by atoms with van der Waals surface area (Å²) in [5.41, 5.74) is 2.72. The Balaban J connectivity index is 2.25. The number of aryl methyl sites for hydroxylation is 1. The summed E-state index contributed by atoms with van der Waals surface area (Å²) in [5, 5.41) is 5.81. The normalized spacial score (nSPS) is 12.3. The van der Waals surface area contributed by atoms with Gasteiger partial charge < -0.3 is 10.1 Å². The van der Waals surface area contributed by atoms with E-state index in [4.69, 9.17) is 4.74 Å². The molecule has 0 amide bonds. The number of hydrogen-bond acceptors (Lipinski definition) is 3. The number of thiophene rings is 1. The van der Waals surface area contributed by atoms with E-state index in [1.54, 1.807) is 7.11 Å². The standard InChI is InChI=1S/C17H23NOS/c1-4-13-10-11-20-17(13)15(18-5-2)12-14-8-6-7-9-16(14)19-3/h6-11,15,18H,4-5,12H2,1-3H3. The molecule has 0 fully saturated rings. The fraction of sp³-hybridized carbons (Fsp3) is 0.412. The van der Waals surface area contributed by atoms with E-state index in [0.29, 0.717) is 6.04 Å². The zero-order valence-electron chi connectivity index (χ0n) is 12.5. The Morgan fingerprint density at radius 3 is 2.65 bits per heavy atom. The van der Waals surface area contributed by atoms with Crippen molar-refractivity contribution in [1.29, 1.82) is 0 Å². The Bertz CT molecular complexity index is 535. The third-order valence-corrected chi connectivity index (χ3v) is 4.62. The largest absolute Gasteiger partial charge is 0.496 e. The first-order chi connectivity index (χ1) is 9.80. The Morgan fingerprint density at radius 1 is 1.15 bits per heavy atom. The van der Waals surface area contributed by atoms with E-state index in [0.717, 1.165) is 25.1 Å². The highest BCUT2D eigenvalue weighted by molar-refractivity contribution is 7.10. The fourth-order valence-electron chi connectivity index (χ4n) is 2.54. The molecule has 1 atom stereocenters. The zero-order chi connectivity index (χ0) is 14.4. The molecule has 0 spiro atoms. The third-order valence-electron chi connectivity index (χ3n) is 3.55. The maximum atomic E-state index is 5.47. The highest BCUT2D eigenvalue weighted by atomic mass is 32.1. The molecule has 108 valence electrons. The molecule has 1 unspecified atom stereocenters. The summed E-state index contributed by atoms with van der Waals surface area (Å²) < 4.78 is 5.47. The molecule has 1 N–H and O–H groups in total. The van der Waals surface area contributed by atoms with E-state index in [1.807, 2.05) is 23.5 Å². The van der Waals surface area contributed by atoms with Gasteiger partial charge in [-0.3, -0.25) is 0 Å². The lowest BCUT2D eigenvalue weighted by molar-refractivity contribution is 0.406. The van der Waals surface area contributed by atoms with E-state index >= 15 is 0 Å². The average Bonchev–Trinajstić information content (AvgIpc) is 2.95. The predicted molar refractivity (Wildman–Crippen MR) is 86.8 cm³/mol. The molecule has 1 heterocycles. The molecule has 0 radical (unpaired) electrons. The van der Waals surface area contributed by atoms with E-state index in [1.165, 1.54) is 16.0 Å². The maximum absolute atomic E-state index is 5.47. The van der Waals surface area contributed by atoms with E-state index < -0.39 is 0 Å². The molecule has 0 saturated carbocycles. The lowest BCUT2D eigenvalue weighted by Crippen LogP contribution is -2.23. The predicted octanol–water partition coefficient (Wildman–Crippen LogP) is 4.21. The van der Waals surface area contributed by atoms with Crippen LogP contribution in [0.1, 0.15) is 35.9 Å². The maximum Gasteiger partial charge on any atom is 0.122 e. The molecule has 0 aliphatic rings. The molecule has 0 aliphatic heterocycles. The monoisotopic (exact) mass is 289 g/mol. The van der Waals surface area contributed by atoms with Gasteiger partial charge in [0, 0.05) is 10.9 Å². The van der Waals surface area contributed by atoms with Gasteiger partial charge in [0.1, 0.15) is 5.75 Å². The molecular formula is C17H23NOS. The quantitative estimate of drug-likeness (QED) is 0.824. The molecule has 1 aromatic carbocycles. The lowest BCUT2D eigenvalue weighted by atomic mass is 10.0. The highest BCUT2D eigenvalue weighted by Gasteiger charge is 2.17. The molecule has 0 bridgehead atoms. The summed E-state index contributed by atoms with van der Waals surface area (Å²) in [5.74, 6) is 0.977. The van der Waals surface area contributed by atoms with Crippen LogP contribution in [-0.4, -0.2) is 13.7 Å². The number of rotatable bonds is 7. The SMILES string of the molecule is CCNC(Cc1ccccc1OC)c1sccc1CC.